The van der Waals surface area contributed by atoms with E-state index in [9.17, 15) is 22.8 Å². The summed E-state index contributed by atoms with van der Waals surface area (Å²) < 4.78 is 55.8. The van der Waals surface area contributed by atoms with Crippen LogP contribution in [0.4, 0.5) is 35.3 Å². The molecule has 5 heterocycles. The monoisotopic (exact) mass is 565 g/mol. The maximum atomic E-state index is 13.5. The molecule has 0 aromatic carbocycles. The number of hydrogen-bond donors (Lipinski definition) is 2. The standard InChI is InChI=1S/C25H30F3N7O5/c1-14(25(26,27)28)31-22(36)20-30-10-18-21(33-20)35(15-5-4-8-34(18)11-15)23(37)32-19-7-6-16(9-29-19)38-12-17-13-39-24(2,3)40-17/h6-7,9-10,14-15,17H,4-5,8,11-13H2,1-3H3,(H,31,36)(H,29,32,37)/t14?,15-,17?/m0/s1. The van der Waals surface area contributed by atoms with Gasteiger partial charge >= 0.3 is 12.2 Å². The molecular weight excluding hydrogens is 535 g/mol. The average molecular weight is 566 g/mol. The first kappa shape index (κ1) is 27.8. The van der Waals surface area contributed by atoms with Crippen molar-refractivity contribution < 1.29 is 37.0 Å². The van der Waals surface area contributed by atoms with Crippen molar-refractivity contribution in [3.05, 3.63) is 30.4 Å². The lowest BCUT2D eigenvalue weighted by atomic mass is 10.0. The molecule has 216 valence electrons. The van der Waals surface area contributed by atoms with Gasteiger partial charge in [-0.1, -0.05) is 0 Å². The number of nitrogens with zero attached hydrogens (tertiary/aromatic N) is 5. The number of carbonyl (C=O) groups excluding carboxylic acids is 2. The van der Waals surface area contributed by atoms with E-state index in [4.69, 9.17) is 14.2 Å². The Morgan fingerprint density at radius 1 is 1.25 bits per heavy atom. The van der Waals surface area contributed by atoms with Gasteiger partial charge in [0.25, 0.3) is 5.91 Å². The molecule has 2 saturated heterocycles. The van der Waals surface area contributed by atoms with Crippen LogP contribution in [-0.2, 0) is 9.47 Å². The van der Waals surface area contributed by atoms with Crippen molar-refractivity contribution in [2.75, 3.05) is 41.4 Å². The van der Waals surface area contributed by atoms with Gasteiger partial charge < -0.3 is 24.4 Å². The molecule has 15 heteroatoms. The van der Waals surface area contributed by atoms with Gasteiger partial charge in [-0.15, -0.1) is 0 Å². The molecule has 0 radical (unpaired) electrons. The SMILES string of the molecule is CC(NC(=O)c1ncc2c(n1)N(C(=O)Nc1ccc(OCC3COC(C)(C)O3)cn1)[C@H]1CCCN2C1)C(F)(F)F. The zero-order chi connectivity index (χ0) is 28.7. The number of anilines is 3. The zero-order valence-electron chi connectivity index (χ0n) is 22.2. The van der Waals surface area contributed by atoms with Crippen molar-refractivity contribution in [2.45, 2.75) is 63.8 Å². The van der Waals surface area contributed by atoms with E-state index in [1.54, 1.807) is 12.1 Å². The number of ether oxygens (including phenoxy) is 3. The predicted octanol–water partition coefficient (Wildman–Crippen LogP) is 3.10. The number of pyridine rings is 1. The number of alkyl halides is 3. The Hall–Kier alpha value is -3.72. The number of halogens is 3. The van der Waals surface area contributed by atoms with Gasteiger partial charge in [0, 0.05) is 13.1 Å². The summed E-state index contributed by atoms with van der Waals surface area (Å²) in [6.45, 7) is 6.41. The van der Waals surface area contributed by atoms with E-state index >= 15 is 0 Å². The van der Waals surface area contributed by atoms with Crippen LogP contribution in [-0.4, -0.2) is 83.3 Å². The van der Waals surface area contributed by atoms with Gasteiger partial charge in [-0.25, -0.2) is 19.7 Å². The van der Waals surface area contributed by atoms with Crippen LogP contribution in [0.3, 0.4) is 0 Å². The van der Waals surface area contributed by atoms with Crippen LogP contribution >= 0.6 is 0 Å². The van der Waals surface area contributed by atoms with Crippen molar-refractivity contribution in [3.63, 3.8) is 0 Å². The maximum absolute atomic E-state index is 13.5. The van der Waals surface area contributed by atoms with Gasteiger partial charge in [-0.3, -0.25) is 15.0 Å². The van der Waals surface area contributed by atoms with E-state index in [2.05, 4.69) is 20.3 Å². The normalized spacial score (nSPS) is 22.4. The molecule has 3 aliphatic heterocycles. The first-order chi connectivity index (χ1) is 18.9. The van der Waals surface area contributed by atoms with Gasteiger partial charge in [0.1, 0.15) is 30.3 Å². The highest BCUT2D eigenvalue weighted by Gasteiger charge is 2.41. The fourth-order valence-corrected chi connectivity index (χ4v) is 4.78. The Morgan fingerprint density at radius 3 is 2.73 bits per heavy atom. The molecule has 2 bridgehead atoms. The highest BCUT2D eigenvalue weighted by atomic mass is 19.4. The number of fused-ring (bicyclic) bond motifs is 4. The van der Waals surface area contributed by atoms with E-state index < -0.39 is 35.8 Å². The van der Waals surface area contributed by atoms with Crippen LogP contribution in [0.1, 0.15) is 44.2 Å². The van der Waals surface area contributed by atoms with E-state index in [-0.39, 0.29) is 30.4 Å². The van der Waals surface area contributed by atoms with Gasteiger partial charge in [-0.2, -0.15) is 13.2 Å². The van der Waals surface area contributed by atoms with E-state index in [1.807, 2.05) is 24.1 Å². The predicted molar refractivity (Wildman–Crippen MR) is 136 cm³/mol. The lowest BCUT2D eigenvalue weighted by Gasteiger charge is -2.45. The number of piperidine rings is 1. The molecule has 2 aromatic rings. The Bertz CT molecular complexity index is 1260. The first-order valence-corrected chi connectivity index (χ1v) is 12.9. The fourth-order valence-electron chi connectivity index (χ4n) is 4.78. The number of nitrogens with one attached hydrogen (secondary N) is 2. The molecule has 0 spiro atoms. The van der Waals surface area contributed by atoms with Crippen LogP contribution in [0.2, 0.25) is 0 Å². The third-order valence-electron chi connectivity index (χ3n) is 6.82. The fraction of sp³-hybridized carbons (Fsp3) is 0.560. The maximum Gasteiger partial charge on any atom is 0.408 e. The van der Waals surface area contributed by atoms with Crippen molar-refractivity contribution in [2.24, 2.45) is 0 Å². The van der Waals surface area contributed by atoms with Crippen LogP contribution in [0.15, 0.2) is 24.5 Å². The summed E-state index contributed by atoms with van der Waals surface area (Å²) in [7, 11) is 0. The van der Waals surface area contributed by atoms with Crippen LogP contribution in [0.25, 0.3) is 0 Å². The Kier molecular flexibility index (Phi) is 7.44. The summed E-state index contributed by atoms with van der Waals surface area (Å²) in [6.07, 6.45) is -0.506. The van der Waals surface area contributed by atoms with Gasteiger partial charge in [0.2, 0.25) is 5.82 Å². The smallest absolute Gasteiger partial charge is 0.408 e. The number of rotatable bonds is 6. The van der Waals surface area contributed by atoms with Gasteiger partial charge in [0.15, 0.2) is 11.6 Å². The Labute approximate surface area is 228 Å². The summed E-state index contributed by atoms with van der Waals surface area (Å²) in [5.74, 6) is -1.32. The number of amides is 3. The third kappa shape index (κ3) is 6.04. The van der Waals surface area contributed by atoms with E-state index in [0.717, 1.165) is 13.3 Å². The van der Waals surface area contributed by atoms with E-state index in [0.29, 0.717) is 37.6 Å². The molecule has 2 N–H and O–H groups in total. The number of aromatic nitrogens is 3. The van der Waals surface area contributed by atoms with Gasteiger partial charge in [0.05, 0.1) is 30.7 Å². The molecule has 2 fully saturated rings. The number of hydrogen-bond acceptors (Lipinski definition) is 9. The second kappa shape index (κ2) is 10.7. The van der Waals surface area contributed by atoms with Crippen molar-refractivity contribution >= 4 is 29.3 Å². The summed E-state index contributed by atoms with van der Waals surface area (Å²) >= 11 is 0. The summed E-state index contributed by atoms with van der Waals surface area (Å²) in [4.78, 5) is 41.8. The summed E-state index contributed by atoms with van der Waals surface area (Å²) in [5, 5.41) is 4.60. The highest BCUT2D eigenvalue weighted by molar-refractivity contribution is 6.04. The first-order valence-electron chi connectivity index (χ1n) is 12.9. The molecule has 2 unspecified atom stereocenters. The van der Waals surface area contributed by atoms with Gasteiger partial charge in [-0.05, 0) is 45.7 Å². The Morgan fingerprint density at radius 2 is 2.05 bits per heavy atom. The van der Waals surface area contributed by atoms with E-state index in [1.165, 1.54) is 17.3 Å². The van der Waals surface area contributed by atoms with Crippen LogP contribution in [0, 0.1) is 0 Å². The number of urea groups is 1. The van der Waals surface area contributed by atoms with Crippen LogP contribution in [0.5, 0.6) is 5.75 Å². The summed E-state index contributed by atoms with van der Waals surface area (Å²) in [5.41, 5.74) is 0.518. The molecule has 3 atom stereocenters. The molecule has 0 aliphatic carbocycles. The topological polar surface area (TPSA) is 131 Å². The molecule has 12 nitrogen and oxygen atoms in total. The number of carbonyl (C=O) groups is 2. The second-order valence-electron chi connectivity index (χ2n) is 10.3. The summed E-state index contributed by atoms with van der Waals surface area (Å²) in [6, 6.07) is 0.343. The molecule has 3 aliphatic rings. The highest BCUT2D eigenvalue weighted by Crippen LogP contribution is 2.37. The zero-order valence-corrected chi connectivity index (χ0v) is 22.2. The molecule has 2 aromatic heterocycles. The molecular formula is C25H30F3N7O5. The molecule has 40 heavy (non-hydrogen) atoms. The third-order valence-corrected chi connectivity index (χ3v) is 6.82. The van der Waals surface area contributed by atoms with Crippen molar-refractivity contribution in [1.29, 1.82) is 0 Å². The quantitative estimate of drug-likeness (QED) is 0.543. The average Bonchev–Trinajstić information content (AvgIpc) is 3.26. The molecule has 0 saturated carbocycles. The minimum absolute atomic E-state index is 0.148. The minimum Gasteiger partial charge on any atom is -0.489 e. The Balaban J connectivity index is 1.29. The van der Waals surface area contributed by atoms with Crippen LogP contribution < -0.4 is 25.2 Å². The van der Waals surface area contributed by atoms with Crippen molar-refractivity contribution in [3.8, 4) is 5.75 Å². The largest absolute Gasteiger partial charge is 0.489 e. The second-order valence-corrected chi connectivity index (χ2v) is 10.3. The van der Waals surface area contributed by atoms with Crippen molar-refractivity contribution in [1.82, 2.24) is 20.3 Å². The minimum atomic E-state index is -4.62. The molecule has 3 amide bonds. The molecule has 5 rings (SSSR count). The lowest BCUT2D eigenvalue weighted by Crippen LogP contribution is -2.56. The lowest BCUT2D eigenvalue weighted by molar-refractivity contribution is -0.149.